The average molecular weight is 422 g/mol. The summed E-state index contributed by atoms with van der Waals surface area (Å²) in [7, 11) is 0. The number of carbonyl (C=O) groups is 1. The molecule has 2 aliphatic rings. The van der Waals surface area contributed by atoms with Crippen LogP contribution in [0.5, 0.6) is 0 Å². The summed E-state index contributed by atoms with van der Waals surface area (Å²) >= 11 is 0. The number of nitrogens with one attached hydrogen (secondary N) is 1. The van der Waals surface area contributed by atoms with Gasteiger partial charge in [0.1, 0.15) is 0 Å². The molecule has 0 spiro atoms. The van der Waals surface area contributed by atoms with Crippen LogP contribution in [0.1, 0.15) is 49.9 Å². The SMILES string of the molecule is CCN(CC)c1ncc2c(n1)CCC(C(=O)NC1CCN(Cc3ccccc3)CC1)C2. The Labute approximate surface area is 186 Å². The Hall–Kier alpha value is -2.47. The van der Waals surface area contributed by atoms with Gasteiger partial charge in [0.2, 0.25) is 11.9 Å². The molecule has 1 atom stereocenters. The minimum Gasteiger partial charge on any atom is -0.353 e. The predicted octanol–water partition coefficient (Wildman–Crippen LogP) is 3.21. The molecule has 1 N–H and O–H groups in total. The summed E-state index contributed by atoms with van der Waals surface area (Å²) in [5.74, 6) is 1.06. The number of piperidine rings is 1. The number of aromatic nitrogens is 2. The first-order valence-corrected chi connectivity index (χ1v) is 11.8. The Morgan fingerprint density at radius 3 is 2.58 bits per heavy atom. The number of aryl methyl sites for hydroxylation is 1. The molecule has 2 heterocycles. The van der Waals surface area contributed by atoms with E-state index in [1.54, 1.807) is 0 Å². The van der Waals surface area contributed by atoms with Crippen molar-refractivity contribution in [2.24, 2.45) is 5.92 Å². The van der Waals surface area contributed by atoms with Gasteiger partial charge in [-0.3, -0.25) is 9.69 Å². The third-order valence-corrected chi connectivity index (χ3v) is 6.74. The van der Waals surface area contributed by atoms with Gasteiger partial charge in [0.05, 0.1) is 0 Å². The third-order valence-electron chi connectivity index (χ3n) is 6.74. The second-order valence-electron chi connectivity index (χ2n) is 8.80. The van der Waals surface area contributed by atoms with Crippen LogP contribution < -0.4 is 10.2 Å². The van der Waals surface area contributed by atoms with Crippen LogP contribution in [0.2, 0.25) is 0 Å². The number of hydrogen-bond donors (Lipinski definition) is 1. The normalized spacial score (nSPS) is 19.6. The molecule has 6 nitrogen and oxygen atoms in total. The summed E-state index contributed by atoms with van der Waals surface area (Å²) in [6, 6.07) is 10.9. The molecule has 166 valence electrons. The maximum atomic E-state index is 12.9. The van der Waals surface area contributed by atoms with Gasteiger partial charge in [-0.05, 0) is 57.1 Å². The summed E-state index contributed by atoms with van der Waals surface area (Å²) in [6.07, 6.45) is 6.49. The average Bonchev–Trinajstić information content (AvgIpc) is 2.81. The summed E-state index contributed by atoms with van der Waals surface area (Å²) < 4.78 is 0. The van der Waals surface area contributed by atoms with E-state index in [1.165, 1.54) is 5.56 Å². The van der Waals surface area contributed by atoms with E-state index in [0.717, 1.165) is 82.0 Å². The van der Waals surface area contributed by atoms with E-state index >= 15 is 0 Å². The van der Waals surface area contributed by atoms with Gasteiger partial charge in [0, 0.05) is 56.6 Å². The lowest BCUT2D eigenvalue weighted by atomic mass is 9.86. The number of likely N-dealkylation sites (tertiary alicyclic amines) is 1. The van der Waals surface area contributed by atoms with E-state index in [9.17, 15) is 4.79 Å². The van der Waals surface area contributed by atoms with Crippen molar-refractivity contribution in [1.29, 1.82) is 0 Å². The van der Waals surface area contributed by atoms with Crippen LogP contribution in [0, 0.1) is 5.92 Å². The van der Waals surface area contributed by atoms with Crippen molar-refractivity contribution in [2.45, 2.75) is 58.5 Å². The molecule has 1 aromatic carbocycles. The molecule has 1 unspecified atom stereocenters. The Balaban J connectivity index is 1.26. The van der Waals surface area contributed by atoms with Crippen LogP contribution in [0.25, 0.3) is 0 Å². The molecule has 1 aliphatic carbocycles. The van der Waals surface area contributed by atoms with Gasteiger partial charge in [0.25, 0.3) is 0 Å². The molecular weight excluding hydrogens is 386 g/mol. The van der Waals surface area contributed by atoms with Gasteiger partial charge in [-0.25, -0.2) is 9.97 Å². The summed E-state index contributed by atoms with van der Waals surface area (Å²) in [5, 5.41) is 3.34. The van der Waals surface area contributed by atoms with E-state index in [-0.39, 0.29) is 11.8 Å². The molecule has 4 rings (SSSR count). The highest BCUT2D eigenvalue weighted by atomic mass is 16.1. The van der Waals surface area contributed by atoms with Gasteiger partial charge in [-0.2, -0.15) is 0 Å². The number of carbonyl (C=O) groups excluding carboxylic acids is 1. The largest absolute Gasteiger partial charge is 0.353 e. The van der Waals surface area contributed by atoms with Gasteiger partial charge in [0.15, 0.2) is 0 Å². The second-order valence-corrected chi connectivity index (χ2v) is 8.80. The standard InChI is InChI=1S/C25H35N5O/c1-3-30(4-2)25-26-17-21-16-20(10-11-23(21)28-25)24(31)27-22-12-14-29(15-13-22)18-19-8-6-5-7-9-19/h5-9,17,20,22H,3-4,10-16,18H2,1-2H3,(H,27,31). The van der Waals surface area contributed by atoms with Crippen molar-refractivity contribution in [3.8, 4) is 0 Å². The molecule has 1 aliphatic heterocycles. The Morgan fingerprint density at radius 1 is 1.13 bits per heavy atom. The first-order chi connectivity index (χ1) is 15.2. The van der Waals surface area contributed by atoms with Crippen LogP contribution >= 0.6 is 0 Å². The highest BCUT2D eigenvalue weighted by molar-refractivity contribution is 5.79. The van der Waals surface area contributed by atoms with E-state index in [1.807, 2.05) is 6.20 Å². The Bertz CT molecular complexity index is 859. The molecule has 0 radical (unpaired) electrons. The van der Waals surface area contributed by atoms with Crippen LogP contribution in [-0.4, -0.2) is 53.0 Å². The fourth-order valence-electron chi connectivity index (χ4n) is 4.78. The zero-order valence-electron chi connectivity index (χ0n) is 18.9. The first kappa shape index (κ1) is 21.8. The topological polar surface area (TPSA) is 61.4 Å². The first-order valence-electron chi connectivity index (χ1n) is 11.8. The summed E-state index contributed by atoms with van der Waals surface area (Å²) in [6.45, 7) is 9.13. The van der Waals surface area contributed by atoms with Crippen LogP contribution in [0.4, 0.5) is 5.95 Å². The van der Waals surface area contributed by atoms with E-state index in [4.69, 9.17) is 4.98 Å². The quantitative estimate of drug-likeness (QED) is 0.744. The summed E-state index contributed by atoms with van der Waals surface area (Å²) in [4.78, 5) is 26.9. The van der Waals surface area contributed by atoms with Crippen molar-refractivity contribution in [1.82, 2.24) is 20.2 Å². The fraction of sp³-hybridized carbons (Fsp3) is 0.560. The number of amides is 1. The number of hydrogen-bond acceptors (Lipinski definition) is 5. The fourth-order valence-corrected chi connectivity index (χ4v) is 4.78. The molecular formula is C25H35N5O. The highest BCUT2D eigenvalue weighted by Crippen LogP contribution is 2.26. The van der Waals surface area contributed by atoms with Crippen LogP contribution in [0.3, 0.4) is 0 Å². The molecule has 0 saturated carbocycles. The third kappa shape index (κ3) is 5.42. The second kappa shape index (κ2) is 10.2. The zero-order valence-corrected chi connectivity index (χ0v) is 18.9. The van der Waals surface area contributed by atoms with Crippen molar-refractivity contribution < 1.29 is 4.79 Å². The van der Waals surface area contributed by atoms with Gasteiger partial charge in [-0.1, -0.05) is 30.3 Å². The van der Waals surface area contributed by atoms with Crippen molar-refractivity contribution in [2.75, 3.05) is 31.1 Å². The van der Waals surface area contributed by atoms with E-state index in [0.29, 0.717) is 6.04 Å². The maximum absolute atomic E-state index is 12.9. The number of fused-ring (bicyclic) bond motifs is 1. The molecule has 0 bridgehead atoms. The lowest BCUT2D eigenvalue weighted by molar-refractivity contribution is -0.126. The van der Waals surface area contributed by atoms with Gasteiger partial charge in [-0.15, -0.1) is 0 Å². The smallest absolute Gasteiger partial charge is 0.225 e. The van der Waals surface area contributed by atoms with Crippen LogP contribution in [-0.2, 0) is 24.2 Å². The summed E-state index contributed by atoms with van der Waals surface area (Å²) in [5.41, 5.74) is 3.62. The predicted molar refractivity (Wildman–Crippen MR) is 124 cm³/mol. The molecule has 1 fully saturated rings. The molecule has 31 heavy (non-hydrogen) atoms. The molecule has 6 heteroatoms. The maximum Gasteiger partial charge on any atom is 0.225 e. The number of nitrogens with zero attached hydrogens (tertiary/aromatic N) is 4. The van der Waals surface area contributed by atoms with Crippen molar-refractivity contribution in [3.05, 3.63) is 53.3 Å². The van der Waals surface area contributed by atoms with E-state index < -0.39 is 0 Å². The monoisotopic (exact) mass is 421 g/mol. The molecule has 1 aromatic heterocycles. The Morgan fingerprint density at radius 2 is 1.87 bits per heavy atom. The number of rotatable bonds is 7. The highest BCUT2D eigenvalue weighted by Gasteiger charge is 2.29. The molecule has 1 saturated heterocycles. The van der Waals surface area contributed by atoms with E-state index in [2.05, 4.69) is 64.3 Å². The minimum atomic E-state index is 0.0396. The lowest BCUT2D eigenvalue weighted by Crippen LogP contribution is -2.46. The lowest BCUT2D eigenvalue weighted by Gasteiger charge is -2.33. The van der Waals surface area contributed by atoms with Gasteiger partial charge >= 0.3 is 0 Å². The minimum absolute atomic E-state index is 0.0396. The molecule has 1 amide bonds. The zero-order chi connectivity index (χ0) is 21.6. The van der Waals surface area contributed by atoms with Crippen LogP contribution in [0.15, 0.2) is 36.5 Å². The Kier molecular flexibility index (Phi) is 7.17. The van der Waals surface area contributed by atoms with Gasteiger partial charge < -0.3 is 10.2 Å². The number of anilines is 1. The van der Waals surface area contributed by atoms with Crippen molar-refractivity contribution in [3.63, 3.8) is 0 Å². The number of benzene rings is 1. The molecule has 2 aromatic rings. The van der Waals surface area contributed by atoms with Crippen molar-refractivity contribution >= 4 is 11.9 Å².